The number of H-pyrrole nitrogens is 1. The van der Waals surface area contributed by atoms with Crippen molar-refractivity contribution >= 4 is 22.6 Å². The van der Waals surface area contributed by atoms with E-state index in [1.54, 1.807) is 6.20 Å². The van der Waals surface area contributed by atoms with Gasteiger partial charge < -0.3 is 14.8 Å². The number of aromatic amines is 1. The third kappa shape index (κ3) is 2.53. The van der Waals surface area contributed by atoms with Crippen LogP contribution in [0.25, 0.3) is 22.4 Å². The highest BCUT2D eigenvalue weighted by atomic mass is 16.4. The zero-order valence-electron chi connectivity index (χ0n) is 12.0. The predicted molar refractivity (Wildman–Crippen MR) is 85.0 cm³/mol. The van der Waals surface area contributed by atoms with Gasteiger partial charge in [-0.2, -0.15) is 5.10 Å². The molecule has 0 spiro atoms. The van der Waals surface area contributed by atoms with Gasteiger partial charge in [0.15, 0.2) is 0 Å². The molecule has 23 heavy (non-hydrogen) atoms. The van der Waals surface area contributed by atoms with Crippen molar-refractivity contribution in [1.82, 2.24) is 20.4 Å². The number of aliphatic hydroxyl groups is 1. The Hall–Kier alpha value is -3.19. The Bertz CT molecular complexity index is 960. The minimum Gasteiger partial charge on any atom is -0.403 e. The number of anilines is 2. The van der Waals surface area contributed by atoms with E-state index in [0.717, 1.165) is 27.7 Å². The smallest absolute Gasteiger partial charge is 0.320 e. The second-order valence-electron chi connectivity index (χ2n) is 5.02. The summed E-state index contributed by atoms with van der Waals surface area (Å²) in [7, 11) is 0. The Morgan fingerprint density at radius 3 is 2.96 bits per heavy atom. The van der Waals surface area contributed by atoms with Crippen molar-refractivity contribution in [3.05, 3.63) is 54.2 Å². The Kier molecular flexibility index (Phi) is 3.25. The summed E-state index contributed by atoms with van der Waals surface area (Å²) in [6.07, 6.45) is 1.75. The molecule has 3 N–H and O–H groups in total. The van der Waals surface area contributed by atoms with E-state index in [0.29, 0.717) is 5.89 Å². The SMILES string of the molecule is OCc1ccccc1-c1nnc(Nc2ccc3[nH]ncc3c2)o1. The van der Waals surface area contributed by atoms with Gasteiger partial charge in [0.05, 0.1) is 18.3 Å². The zero-order chi connectivity index (χ0) is 15.6. The summed E-state index contributed by atoms with van der Waals surface area (Å²) in [5, 5.41) is 28.4. The topological polar surface area (TPSA) is 99.9 Å². The molecule has 0 saturated heterocycles. The predicted octanol–water partition coefficient (Wildman–Crippen LogP) is 2.85. The largest absolute Gasteiger partial charge is 0.403 e. The molecule has 2 heterocycles. The third-order valence-electron chi connectivity index (χ3n) is 3.53. The molecule has 0 atom stereocenters. The second-order valence-corrected chi connectivity index (χ2v) is 5.02. The average Bonchev–Trinajstić information content (AvgIpc) is 3.23. The summed E-state index contributed by atoms with van der Waals surface area (Å²) in [4.78, 5) is 0. The maximum Gasteiger partial charge on any atom is 0.320 e. The fourth-order valence-electron chi connectivity index (χ4n) is 2.39. The summed E-state index contributed by atoms with van der Waals surface area (Å²) in [5.41, 5.74) is 3.24. The van der Waals surface area contributed by atoms with E-state index in [4.69, 9.17) is 4.42 Å². The highest BCUT2D eigenvalue weighted by Crippen LogP contribution is 2.26. The molecule has 0 radical (unpaired) electrons. The first-order valence-corrected chi connectivity index (χ1v) is 7.06. The number of nitrogens with zero attached hydrogens (tertiary/aromatic N) is 3. The van der Waals surface area contributed by atoms with Gasteiger partial charge in [-0.25, -0.2) is 0 Å². The molecule has 7 nitrogen and oxygen atoms in total. The van der Waals surface area contributed by atoms with Crippen LogP contribution in [0.2, 0.25) is 0 Å². The molecule has 2 aromatic heterocycles. The highest BCUT2D eigenvalue weighted by molar-refractivity contribution is 5.82. The number of nitrogens with one attached hydrogen (secondary N) is 2. The van der Waals surface area contributed by atoms with Crippen molar-refractivity contribution in [3.63, 3.8) is 0 Å². The summed E-state index contributed by atoms with van der Waals surface area (Å²) < 4.78 is 5.64. The molecule has 7 heteroatoms. The Morgan fingerprint density at radius 1 is 1.13 bits per heavy atom. The molecule has 2 aromatic carbocycles. The van der Waals surface area contributed by atoms with Crippen LogP contribution in [0.3, 0.4) is 0 Å². The van der Waals surface area contributed by atoms with Gasteiger partial charge in [-0.3, -0.25) is 5.10 Å². The van der Waals surface area contributed by atoms with Gasteiger partial charge in [-0.15, -0.1) is 5.10 Å². The monoisotopic (exact) mass is 307 g/mol. The normalized spacial score (nSPS) is 11.0. The lowest BCUT2D eigenvalue weighted by Crippen LogP contribution is -1.89. The molecule has 0 fully saturated rings. The fraction of sp³-hybridized carbons (Fsp3) is 0.0625. The summed E-state index contributed by atoms with van der Waals surface area (Å²) in [5.74, 6) is 0.363. The van der Waals surface area contributed by atoms with E-state index in [-0.39, 0.29) is 12.6 Å². The van der Waals surface area contributed by atoms with Crippen LogP contribution in [0.4, 0.5) is 11.7 Å². The van der Waals surface area contributed by atoms with E-state index in [9.17, 15) is 5.11 Å². The first kappa shape index (κ1) is 13.5. The van der Waals surface area contributed by atoms with Crippen LogP contribution in [0.15, 0.2) is 53.1 Å². The van der Waals surface area contributed by atoms with Gasteiger partial charge in [0, 0.05) is 16.6 Å². The van der Waals surface area contributed by atoms with E-state index in [1.807, 2.05) is 42.5 Å². The molecular formula is C16H13N5O2. The van der Waals surface area contributed by atoms with Crippen molar-refractivity contribution in [1.29, 1.82) is 0 Å². The molecule has 114 valence electrons. The van der Waals surface area contributed by atoms with Crippen LogP contribution in [0.5, 0.6) is 0 Å². The van der Waals surface area contributed by atoms with Crippen LogP contribution >= 0.6 is 0 Å². The van der Waals surface area contributed by atoms with Crippen molar-refractivity contribution in [2.75, 3.05) is 5.32 Å². The van der Waals surface area contributed by atoms with Crippen LogP contribution < -0.4 is 5.32 Å². The number of rotatable bonds is 4. The van der Waals surface area contributed by atoms with Crippen molar-refractivity contribution in [3.8, 4) is 11.5 Å². The van der Waals surface area contributed by atoms with Gasteiger partial charge in [0.2, 0.25) is 5.89 Å². The lowest BCUT2D eigenvalue weighted by molar-refractivity contribution is 0.282. The maximum atomic E-state index is 9.39. The highest BCUT2D eigenvalue weighted by Gasteiger charge is 2.12. The lowest BCUT2D eigenvalue weighted by Gasteiger charge is -2.02. The van der Waals surface area contributed by atoms with Crippen LogP contribution in [0, 0.1) is 0 Å². The molecule has 0 aliphatic rings. The molecule has 0 unspecified atom stereocenters. The molecule has 0 bridgehead atoms. The molecule has 0 saturated carbocycles. The quantitative estimate of drug-likeness (QED) is 0.536. The minimum atomic E-state index is -0.0848. The Labute approximate surface area is 131 Å². The number of hydrogen-bond donors (Lipinski definition) is 3. The molecule has 0 amide bonds. The molecule has 4 rings (SSSR count). The van der Waals surface area contributed by atoms with Gasteiger partial charge in [-0.1, -0.05) is 23.3 Å². The fourth-order valence-corrected chi connectivity index (χ4v) is 2.39. The zero-order valence-corrected chi connectivity index (χ0v) is 12.0. The second kappa shape index (κ2) is 5.54. The number of hydrogen-bond acceptors (Lipinski definition) is 6. The molecule has 0 aliphatic carbocycles. The molecular weight excluding hydrogens is 294 g/mol. The molecule has 4 aromatic rings. The van der Waals surface area contributed by atoms with E-state index >= 15 is 0 Å². The Balaban J connectivity index is 1.62. The van der Waals surface area contributed by atoms with Crippen molar-refractivity contribution in [2.24, 2.45) is 0 Å². The summed E-state index contributed by atoms with van der Waals surface area (Å²) in [6, 6.07) is 13.4. The minimum absolute atomic E-state index is 0.0848. The number of fused-ring (bicyclic) bond motifs is 1. The van der Waals surface area contributed by atoms with Gasteiger partial charge in [-0.05, 0) is 29.8 Å². The first-order chi connectivity index (χ1) is 11.3. The number of aliphatic hydroxyl groups excluding tert-OH is 1. The summed E-state index contributed by atoms with van der Waals surface area (Å²) in [6.45, 7) is -0.0848. The van der Waals surface area contributed by atoms with Crippen molar-refractivity contribution in [2.45, 2.75) is 6.61 Å². The van der Waals surface area contributed by atoms with Crippen LogP contribution in [0.1, 0.15) is 5.56 Å². The maximum absolute atomic E-state index is 9.39. The van der Waals surface area contributed by atoms with E-state index in [2.05, 4.69) is 25.7 Å². The van der Waals surface area contributed by atoms with E-state index in [1.165, 1.54) is 0 Å². The lowest BCUT2D eigenvalue weighted by atomic mass is 10.1. The van der Waals surface area contributed by atoms with Crippen molar-refractivity contribution < 1.29 is 9.52 Å². The van der Waals surface area contributed by atoms with Crippen LogP contribution in [-0.2, 0) is 6.61 Å². The van der Waals surface area contributed by atoms with Gasteiger partial charge in [0.1, 0.15) is 0 Å². The first-order valence-electron chi connectivity index (χ1n) is 7.06. The van der Waals surface area contributed by atoms with Crippen LogP contribution in [-0.4, -0.2) is 25.5 Å². The Morgan fingerprint density at radius 2 is 2.04 bits per heavy atom. The van der Waals surface area contributed by atoms with Gasteiger partial charge in [0.25, 0.3) is 0 Å². The van der Waals surface area contributed by atoms with Gasteiger partial charge >= 0.3 is 6.01 Å². The standard InChI is InChI=1S/C16H13N5O2/c22-9-10-3-1-2-4-13(10)15-20-21-16(23-15)18-12-5-6-14-11(7-12)8-17-19-14/h1-8,22H,9H2,(H,17,19)(H,18,21). The number of benzene rings is 2. The average molecular weight is 307 g/mol. The number of aromatic nitrogens is 4. The third-order valence-corrected chi connectivity index (χ3v) is 3.53. The van der Waals surface area contributed by atoms with E-state index < -0.39 is 0 Å². The summed E-state index contributed by atoms with van der Waals surface area (Å²) >= 11 is 0. The molecule has 0 aliphatic heterocycles.